The van der Waals surface area contributed by atoms with Crippen molar-refractivity contribution in [2.45, 2.75) is 46.2 Å². The van der Waals surface area contributed by atoms with Gasteiger partial charge in [0.05, 0.1) is 0 Å². The van der Waals surface area contributed by atoms with Crippen molar-refractivity contribution in [2.24, 2.45) is 0 Å². The van der Waals surface area contributed by atoms with E-state index in [-0.39, 0.29) is 5.54 Å². The molecule has 0 spiro atoms. The molecular formula is C15H24F2N2. The fourth-order valence-electron chi connectivity index (χ4n) is 1.75. The van der Waals surface area contributed by atoms with Crippen molar-refractivity contribution in [3.63, 3.8) is 0 Å². The molecule has 0 atom stereocenters. The standard InChI is InChI=1S/C15H24F2N2/c1-11-8-12(14(17)9-13(11)16)10-18-6-5-7-19-15(2,3)4/h8-9,18-19H,5-7,10H2,1-4H3. The number of halogens is 2. The Morgan fingerprint density at radius 1 is 1.05 bits per heavy atom. The first-order chi connectivity index (χ1) is 8.79. The summed E-state index contributed by atoms with van der Waals surface area (Å²) < 4.78 is 26.6. The second kappa shape index (κ2) is 6.96. The first kappa shape index (κ1) is 16.1. The average Bonchev–Trinajstić information content (AvgIpc) is 2.28. The van der Waals surface area contributed by atoms with Crippen LogP contribution in [-0.4, -0.2) is 18.6 Å². The number of rotatable bonds is 6. The summed E-state index contributed by atoms with van der Waals surface area (Å²) in [5.74, 6) is -0.973. The largest absolute Gasteiger partial charge is 0.313 e. The molecule has 0 aliphatic rings. The van der Waals surface area contributed by atoms with Gasteiger partial charge in [-0.3, -0.25) is 0 Å². The number of aryl methyl sites for hydroxylation is 1. The van der Waals surface area contributed by atoms with Gasteiger partial charge in [-0.05, 0) is 58.8 Å². The SMILES string of the molecule is Cc1cc(CNCCCNC(C)(C)C)c(F)cc1F. The molecule has 0 aliphatic carbocycles. The zero-order valence-electron chi connectivity index (χ0n) is 12.2. The van der Waals surface area contributed by atoms with Crippen molar-refractivity contribution in [1.29, 1.82) is 0 Å². The molecule has 0 aliphatic heterocycles. The molecule has 1 aromatic rings. The first-order valence-electron chi connectivity index (χ1n) is 6.70. The molecule has 0 radical (unpaired) electrons. The zero-order valence-corrected chi connectivity index (χ0v) is 12.2. The van der Waals surface area contributed by atoms with Gasteiger partial charge in [0.25, 0.3) is 0 Å². The lowest BCUT2D eigenvalue weighted by molar-refractivity contribution is 0.418. The summed E-state index contributed by atoms with van der Waals surface area (Å²) in [7, 11) is 0. The van der Waals surface area contributed by atoms with Gasteiger partial charge >= 0.3 is 0 Å². The van der Waals surface area contributed by atoms with Crippen LogP contribution < -0.4 is 10.6 Å². The van der Waals surface area contributed by atoms with E-state index in [2.05, 4.69) is 31.4 Å². The molecule has 1 aromatic carbocycles. The molecule has 0 aromatic heterocycles. The predicted octanol–water partition coefficient (Wildman–Crippen LogP) is 3.14. The van der Waals surface area contributed by atoms with Crippen LogP contribution in [0, 0.1) is 18.6 Å². The lowest BCUT2D eigenvalue weighted by Crippen LogP contribution is -2.37. The van der Waals surface area contributed by atoms with E-state index in [1.165, 1.54) is 0 Å². The van der Waals surface area contributed by atoms with E-state index < -0.39 is 11.6 Å². The molecule has 0 saturated heterocycles. The van der Waals surface area contributed by atoms with Crippen LogP contribution in [0.2, 0.25) is 0 Å². The Hall–Kier alpha value is -1.00. The molecule has 0 heterocycles. The summed E-state index contributed by atoms with van der Waals surface area (Å²) in [6.45, 7) is 10.2. The van der Waals surface area contributed by atoms with Crippen molar-refractivity contribution in [3.05, 3.63) is 34.9 Å². The molecule has 2 nitrogen and oxygen atoms in total. The van der Waals surface area contributed by atoms with Crippen LogP contribution in [0.5, 0.6) is 0 Å². The van der Waals surface area contributed by atoms with Crippen LogP contribution in [0.1, 0.15) is 38.3 Å². The Bertz CT molecular complexity index is 411. The van der Waals surface area contributed by atoms with Crippen LogP contribution in [0.25, 0.3) is 0 Å². The van der Waals surface area contributed by atoms with Gasteiger partial charge in [0.1, 0.15) is 11.6 Å². The third-order valence-electron chi connectivity index (χ3n) is 2.83. The number of benzene rings is 1. The minimum absolute atomic E-state index is 0.125. The monoisotopic (exact) mass is 270 g/mol. The molecule has 0 unspecified atom stereocenters. The van der Waals surface area contributed by atoms with Crippen LogP contribution in [0.4, 0.5) is 8.78 Å². The highest BCUT2D eigenvalue weighted by Gasteiger charge is 2.08. The van der Waals surface area contributed by atoms with Gasteiger partial charge in [-0.2, -0.15) is 0 Å². The molecule has 2 N–H and O–H groups in total. The fraction of sp³-hybridized carbons (Fsp3) is 0.600. The van der Waals surface area contributed by atoms with Gasteiger partial charge in [0.2, 0.25) is 0 Å². The summed E-state index contributed by atoms with van der Waals surface area (Å²) >= 11 is 0. The summed E-state index contributed by atoms with van der Waals surface area (Å²) in [4.78, 5) is 0. The van der Waals surface area contributed by atoms with Crippen molar-refractivity contribution in [1.82, 2.24) is 10.6 Å². The predicted molar refractivity (Wildman–Crippen MR) is 75.2 cm³/mol. The van der Waals surface area contributed by atoms with E-state index in [0.717, 1.165) is 25.6 Å². The van der Waals surface area contributed by atoms with Gasteiger partial charge in [-0.15, -0.1) is 0 Å². The summed E-state index contributed by atoms with van der Waals surface area (Å²) in [6.07, 6.45) is 0.971. The highest BCUT2D eigenvalue weighted by molar-refractivity contribution is 5.25. The third kappa shape index (κ3) is 6.12. The molecule has 1 rings (SSSR count). The smallest absolute Gasteiger partial charge is 0.130 e. The number of hydrogen-bond donors (Lipinski definition) is 2. The zero-order chi connectivity index (χ0) is 14.5. The van der Waals surface area contributed by atoms with Crippen LogP contribution >= 0.6 is 0 Å². The van der Waals surface area contributed by atoms with E-state index in [9.17, 15) is 8.78 Å². The lowest BCUT2D eigenvalue weighted by Gasteiger charge is -2.20. The highest BCUT2D eigenvalue weighted by Crippen LogP contribution is 2.13. The van der Waals surface area contributed by atoms with Crippen molar-refractivity contribution in [2.75, 3.05) is 13.1 Å². The molecule has 19 heavy (non-hydrogen) atoms. The Balaban J connectivity index is 2.28. The Morgan fingerprint density at radius 2 is 1.74 bits per heavy atom. The first-order valence-corrected chi connectivity index (χ1v) is 6.70. The average molecular weight is 270 g/mol. The van der Waals surface area contributed by atoms with Crippen LogP contribution in [0.3, 0.4) is 0 Å². The van der Waals surface area contributed by atoms with E-state index in [0.29, 0.717) is 17.7 Å². The lowest BCUT2D eigenvalue weighted by atomic mass is 10.1. The van der Waals surface area contributed by atoms with Gasteiger partial charge in [-0.25, -0.2) is 8.78 Å². The minimum Gasteiger partial charge on any atom is -0.313 e. The molecule has 0 saturated carbocycles. The van der Waals surface area contributed by atoms with E-state index in [4.69, 9.17) is 0 Å². The number of nitrogens with one attached hydrogen (secondary N) is 2. The van der Waals surface area contributed by atoms with E-state index in [1.54, 1.807) is 13.0 Å². The third-order valence-corrected chi connectivity index (χ3v) is 2.83. The quantitative estimate of drug-likeness (QED) is 0.776. The van der Waals surface area contributed by atoms with E-state index in [1.807, 2.05) is 0 Å². The van der Waals surface area contributed by atoms with Crippen LogP contribution in [-0.2, 0) is 6.54 Å². The van der Waals surface area contributed by atoms with Crippen molar-refractivity contribution < 1.29 is 8.78 Å². The molecule has 0 bridgehead atoms. The van der Waals surface area contributed by atoms with Gasteiger partial charge in [0.15, 0.2) is 0 Å². The summed E-state index contributed by atoms with van der Waals surface area (Å²) in [6, 6.07) is 2.51. The molecular weight excluding hydrogens is 246 g/mol. The van der Waals surface area contributed by atoms with Crippen molar-refractivity contribution in [3.8, 4) is 0 Å². The van der Waals surface area contributed by atoms with E-state index >= 15 is 0 Å². The molecule has 108 valence electrons. The summed E-state index contributed by atoms with van der Waals surface area (Å²) in [5, 5.41) is 6.56. The Morgan fingerprint density at radius 3 is 2.37 bits per heavy atom. The maximum absolute atomic E-state index is 13.5. The van der Waals surface area contributed by atoms with Gasteiger partial charge in [-0.1, -0.05) is 0 Å². The Kier molecular flexibility index (Phi) is 5.88. The Labute approximate surface area is 114 Å². The van der Waals surface area contributed by atoms with Crippen molar-refractivity contribution >= 4 is 0 Å². The summed E-state index contributed by atoms with van der Waals surface area (Å²) in [5.41, 5.74) is 1.12. The molecule has 0 fully saturated rings. The molecule has 4 heteroatoms. The second-order valence-corrected chi connectivity index (χ2v) is 5.90. The minimum atomic E-state index is -0.490. The normalized spacial score (nSPS) is 11.9. The fourth-order valence-corrected chi connectivity index (χ4v) is 1.75. The molecule has 0 amide bonds. The highest BCUT2D eigenvalue weighted by atomic mass is 19.1. The topological polar surface area (TPSA) is 24.1 Å². The maximum Gasteiger partial charge on any atom is 0.130 e. The van der Waals surface area contributed by atoms with Gasteiger partial charge in [0, 0.05) is 23.7 Å². The second-order valence-electron chi connectivity index (χ2n) is 5.90. The van der Waals surface area contributed by atoms with Gasteiger partial charge < -0.3 is 10.6 Å². The number of hydrogen-bond acceptors (Lipinski definition) is 2. The maximum atomic E-state index is 13.5. The van der Waals surface area contributed by atoms with Crippen LogP contribution in [0.15, 0.2) is 12.1 Å².